The zero-order chi connectivity index (χ0) is 35.3. The first kappa shape index (κ1) is 34.6. The molecule has 0 saturated carbocycles. The summed E-state index contributed by atoms with van der Waals surface area (Å²) in [5.74, 6) is -3.86. The number of phenols is 1. The lowest BCUT2D eigenvalue weighted by atomic mass is 9.96. The van der Waals surface area contributed by atoms with E-state index in [0.29, 0.717) is 17.7 Å². The summed E-state index contributed by atoms with van der Waals surface area (Å²) < 4.78 is 119. The Morgan fingerprint density at radius 2 is 1.67 bits per heavy atom. The van der Waals surface area contributed by atoms with Crippen molar-refractivity contribution < 1.29 is 59.3 Å². The number of anilines is 1. The summed E-state index contributed by atoms with van der Waals surface area (Å²) in [6.45, 7) is 1.03. The molecule has 2 fully saturated rings. The smallest absolute Gasteiger partial charge is 0.416 e. The Kier molecular flexibility index (Phi) is 8.94. The summed E-state index contributed by atoms with van der Waals surface area (Å²) in [6.07, 6.45) is -12.7. The molecule has 3 aromatic rings. The van der Waals surface area contributed by atoms with Gasteiger partial charge in [0, 0.05) is 17.5 Å². The maximum absolute atomic E-state index is 13.7. The third-order valence-corrected chi connectivity index (χ3v) is 8.11. The van der Waals surface area contributed by atoms with E-state index in [1.54, 1.807) is 12.1 Å². The van der Waals surface area contributed by atoms with Crippen LogP contribution in [0.2, 0.25) is 0 Å². The zero-order valence-corrected chi connectivity index (χ0v) is 25.5. The first-order valence-corrected chi connectivity index (χ1v) is 14.4. The lowest BCUT2D eigenvalue weighted by molar-refractivity contribution is -0.143. The van der Waals surface area contributed by atoms with Crippen molar-refractivity contribution in [1.29, 1.82) is 0 Å². The molecule has 17 heteroatoms. The van der Waals surface area contributed by atoms with Crippen LogP contribution in [-0.2, 0) is 39.6 Å². The minimum Gasteiger partial charge on any atom is -0.507 e. The highest BCUT2D eigenvalue weighted by atomic mass is 19.4. The number of benzene rings is 2. The molecule has 9 nitrogen and oxygen atoms in total. The van der Waals surface area contributed by atoms with Crippen LogP contribution in [0.4, 0.5) is 45.9 Å². The number of ether oxygens (including phenoxy) is 2. The second-order valence-corrected chi connectivity index (χ2v) is 11.6. The van der Waals surface area contributed by atoms with Gasteiger partial charge in [-0.05, 0) is 61.7 Å². The molecule has 0 bridgehead atoms. The minimum atomic E-state index is -5.13. The average Bonchev–Trinajstić information content (AvgIpc) is 3.26. The molecule has 2 aromatic carbocycles. The Morgan fingerprint density at radius 1 is 1.04 bits per heavy atom. The topological polar surface area (TPSA) is 105 Å². The molecule has 1 amide bonds. The van der Waals surface area contributed by atoms with Gasteiger partial charge in [0.2, 0.25) is 5.95 Å². The molecule has 258 valence electrons. The molecule has 1 N–H and O–H groups in total. The molecule has 3 heterocycles. The molecule has 2 saturated heterocycles. The summed E-state index contributed by atoms with van der Waals surface area (Å²) in [7, 11) is 1.23. The van der Waals surface area contributed by atoms with Gasteiger partial charge in [-0.25, -0.2) is 23.5 Å². The Bertz CT molecular complexity index is 1710. The number of carbonyl (C=O) groups excluding carboxylic acids is 2. The van der Waals surface area contributed by atoms with E-state index in [1.807, 2.05) is 0 Å². The fourth-order valence-electron chi connectivity index (χ4n) is 5.63. The number of aryl methyl sites for hydroxylation is 2. The number of amides is 1. The van der Waals surface area contributed by atoms with Gasteiger partial charge < -0.3 is 19.5 Å². The van der Waals surface area contributed by atoms with E-state index in [4.69, 9.17) is 4.74 Å². The van der Waals surface area contributed by atoms with E-state index in [-0.39, 0.29) is 53.1 Å². The number of carbonyl (C=O) groups is 2. The minimum absolute atomic E-state index is 0.00920. The van der Waals surface area contributed by atoms with Gasteiger partial charge >= 0.3 is 24.4 Å². The van der Waals surface area contributed by atoms with Crippen LogP contribution >= 0.6 is 0 Å². The first-order valence-electron chi connectivity index (χ1n) is 14.4. The largest absolute Gasteiger partial charge is 0.507 e. The Morgan fingerprint density at radius 3 is 2.23 bits per heavy atom. The van der Waals surface area contributed by atoms with Crippen LogP contribution in [0.15, 0.2) is 36.4 Å². The van der Waals surface area contributed by atoms with E-state index >= 15 is 0 Å². The number of esters is 1. The molecule has 2 aliphatic heterocycles. The number of aromatic nitrogens is 2. The van der Waals surface area contributed by atoms with Gasteiger partial charge in [0.25, 0.3) is 5.92 Å². The Labute approximate surface area is 268 Å². The van der Waals surface area contributed by atoms with Crippen LogP contribution in [0.3, 0.4) is 0 Å². The van der Waals surface area contributed by atoms with E-state index < -0.39 is 78.8 Å². The molecule has 0 unspecified atom stereocenters. The molecule has 2 aliphatic rings. The van der Waals surface area contributed by atoms with Crippen molar-refractivity contribution in [1.82, 2.24) is 14.9 Å². The summed E-state index contributed by atoms with van der Waals surface area (Å²) in [5, 5.41) is 10.9. The average molecular weight is 689 g/mol. The van der Waals surface area contributed by atoms with Crippen molar-refractivity contribution >= 4 is 18.0 Å². The van der Waals surface area contributed by atoms with E-state index in [0.717, 1.165) is 4.90 Å². The van der Waals surface area contributed by atoms with Gasteiger partial charge in [0.15, 0.2) is 0 Å². The number of hydrogen-bond donors (Lipinski definition) is 1. The third-order valence-electron chi connectivity index (χ3n) is 8.11. The van der Waals surface area contributed by atoms with Crippen LogP contribution in [0.5, 0.6) is 5.75 Å². The molecular weight excluding hydrogens is 660 g/mol. The maximum atomic E-state index is 13.7. The maximum Gasteiger partial charge on any atom is 0.416 e. The van der Waals surface area contributed by atoms with Crippen LogP contribution < -0.4 is 4.90 Å². The van der Waals surface area contributed by atoms with Crippen LogP contribution in [-0.4, -0.2) is 64.2 Å². The third kappa shape index (κ3) is 7.08. The number of halogens is 8. The highest BCUT2D eigenvalue weighted by Gasteiger charge is 2.46. The van der Waals surface area contributed by atoms with Crippen LogP contribution in [0.1, 0.15) is 53.1 Å². The quantitative estimate of drug-likeness (QED) is 0.203. The number of methoxy groups -OCH3 is 1. The summed E-state index contributed by atoms with van der Waals surface area (Å²) in [6, 6.07) is 4.24. The molecule has 0 aliphatic carbocycles. The highest BCUT2D eigenvalue weighted by Crippen LogP contribution is 2.43. The van der Waals surface area contributed by atoms with Crippen molar-refractivity contribution in [3.05, 3.63) is 70.0 Å². The first-order chi connectivity index (χ1) is 22.3. The lowest BCUT2D eigenvalue weighted by Crippen LogP contribution is -2.57. The van der Waals surface area contributed by atoms with E-state index in [9.17, 15) is 49.8 Å². The SMILES string of the molecule is COC(=O)CCc1ccc(O)c(-c2c(C)nc(N3CC(F)(F)C3)nc2CN2C(=O)O[C@H](c3cc(C(F)(F)F)cc(C(F)(F)F)c3)[C@@H]2C)c1. The number of aromatic hydroxyl groups is 1. The predicted octanol–water partition coefficient (Wildman–Crippen LogP) is 6.84. The second-order valence-electron chi connectivity index (χ2n) is 11.6. The Hall–Kier alpha value is -4.70. The Balaban J connectivity index is 1.55. The van der Waals surface area contributed by atoms with Gasteiger partial charge in [-0.3, -0.25) is 9.69 Å². The fourth-order valence-corrected chi connectivity index (χ4v) is 5.63. The van der Waals surface area contributed by atoms with Crippen molar-refractivity contribution in [3.63, 3.8) is 0 Å². The molecular formula is C31H28F8N4O5. The highest BCUT2D eigenvalue weighted by molar-refractivity contribution is 5.77. The zero-order valence-electron chi connectivity index (χ0n) is 25.5. The van der Waals surface area contributed by atoms with Crippen molar-refractivity contribution in [2.24, 2.45) is 0 Å². The molecule has 0 radical (unpaired) electrons. The predicted molar refractivity (Wildman–Crippen MR) is 152 cm³/mol. The number of alkyl halides is 8. The molecule has 2 atom stereocenters. The number of cyclic esters (lactones) is 1. The van der Waals surface area contributed by atoms with Crippen molar-refractivity contribution in [3.8, 4) is 16.9 Å². The van der Waals surface area contributed by atoms with E-state index in [1.165, 1.54) is 31.9 Å². The number of hydrogen-bond acceptors (Lipinski definition) is 8. The van der Waals surface area contributed by atoms with Gasteiger partial charge in [-0.2, -0.15) is 26.3 Å². The summed E-state index contributed by atoms with van der Waals surface area (Å²) in [4.78, 5) is 35.8. The number of nitrogens with zero attached hydrogens (tertiary/aromatic N) is 4. The van der Waals surface area contributed by atoms with Crippen LogP contribution in [0.25, 0.3) is 11.1 Å². The standard InChI is InChI=1S/C31H28F8N4O5/c1-15-25(21-8-17(4-6-23(21)44)5-7-24(45)47-3)22(41-27(40-15)42-13-29(32,33)14-42)12-43-16(2)26(48-28(43)46)18-9-19(30(34,35)36)11-20(10-18)31(37,38)39/h4,6,8-11,16,26,44H,5,7,12-14H2,1-3H3/t16-,26-/m0/s1. The fraction of sp³-hybridized carbons (Fsp3) is 0.419. The molecule has 1 aromatic heterocycles. The molecule has 48 heavy (non-hydrogen) atoms. The molecule has 0 spiro atoms. The van der Waals surface area contributed by atoms with Crippen molar-refractivity contribution in [2.75, 3.05) is 25.1 Å². The lowest BCUT2D eigenvalue weighted by Gasteiger charge is -2.39. The second kappa shape index (κ2) is 12.4. The van der Waals surface area contributed by atoms with Gasteiger partial charge in [-0.1, -0.05) is 6.07 Å². The summed E-state index contributed by atoms with van der Waals surface area (Å²) >= 11 is 0. The van der Waals surface area contributed by atoms with Gasteiger partial charge in [-0.15, -0.1) is 0 Å². The van der Waals surface area contributed by atoms with Gasteiger partial charge in [0.1, 0.15) is 11.9 Å². The monoisotopic (exact) mass is 688 g/mol. The van der Waals surface area contributed by atoms with E-state index in [2.05, 4.69) is 14.7 Å². The van der Waals surface area contributed by atoms with Gasteiger partial charge in [0.05, 0.1) is 55.3 Å². The van der Waals surface area contributed by atoms with Crippen LogP contribution in [0, 0.1) is 6.92 Å². The van der Waals surface area contributed by atoms with Crippen molar-refractivity contribution in [2.45, 2.75) is 63.7 Å². The number of phenolic OH excluding ortho intramolecular Hbond substituents is 1. The normalized spacial score (nSPS) is 19.3. The number of rotatable bonds is 8. The summed E-state index contributed by atoms with van der Waals surface area (Å²) in [5.41, 5.74) is -2.54. The molecule has 5 rings (SSSR count).